The van der Waals surface area contributed by atoms with Crippen LogP contribution in [0.15, 0.2) is 29.2 Å². The van der Waals surface area contributed by atoms with E-state index in [4.69, 9.17) is 5.73 Å². The second kappa shape index (κ2) is 6.90. The summed E-state index contributed by atoms with van der Waals surface area (Å²) in [4.78, 5) is 0.403. The molecule has 1 aromatic carbocycles. The van der Waals surface area contributed by atoms with E-state index in [1.807, 2.05) is 12.1 Å². The molecule has 1 aliphatic rings. The molecule has 2 unspecified atom stereocenters. The number of sulfonamides is 1. The van der Waals surface area contributed by atoms with Crippen LogP contribution < -0.4 is 5.73 Å². The summed E-state index contributed by atoms with van der Waals surface area (Å²) in [6.45, 7) is 6.23. The van der Waals surface area contributed by atoms with Gasteiger partial charge in [-0.3, -0.25) is 0 Å². The molecule has 2 atom stereocenters. The van der Waals surface area contributed by atoms with Gasteiger partial charge in [-0.25, -0.2) is 8.42 Å². The molecule has 0 aliphatic carbocycles. The fraction of sp³-hybridized carbons (Fsp3) is 0.625. The van der Waals surface area contributed by atoms with Gasteiger partial charge in [0.2, 0.25) is 10.0 Å². The molecule has 21 heavy (non-hydrogen) atoms. The number of aryl methyl sites for hydroxylation is 1. The third-order valence-corrected chi connectivity index (χ3v) is 6.41. The van der Waals surface area contributed by atoms with E-state index < -0.39 is 10.0 Å². The van der Waals surface area contributed by atoms with E-state index in [1.54, 1.807) is 16.4 Å². The highest BCUT2D eigenvalue weighted by Gasteiger charge is 2.31. The summed E-state index contributed by atoms with van der Waals surface area (Å²) in [5, 5.41) is 0. The van der Waals surface area contributed by atoms with Crippen LogP contribution in [0.2, 0.25) is 0 Å². The number of piperidine rings is 1. The lowest BCUT2D eigenvalue weighted by molar-refractivity contribution is 0.212. The Morgan fingerprint density at radius 3 is 2.43 bits per heavy atom. The lowest BCUT2D eigenvalue weighted by Gasteiger charge is -2.34. The van der Waals surface area contributed by atoms with Crippen molar-refractivity contribution in [1.29, 1.82) is 0 Å². The van der Waals surface area contributed by atoms with E-state index in [-0.39, 0.29) is 0 Å². The lowest BCUT2D eigenvalue weighted by atomic mass is 9.90. The molecule has 0 radical (unpaired) electrons. The maximum atomic E-state index is 12.7. The number of rotatable bonds is 5. The monoisotopic (exact) mass is 310 g/mol. The van der Waals surface area contributed by atoms with Crippen LogP contribution in [-0.2, 0) is 16.4 Å². The first-order valence-corrected chi connectivity index (χ1v) is 9.18. The Hall–Kier alpha value is -0.910. The van der Waals surface area contributed by atoms with Gasteiger partial charge in [-0.05, 0) is 55.3 Å². The smallest absolute Gasteiger partial charge is 0.243 e. The minimum Gasteiger partial charge on any atom is -0.330 e. The normalized spacial score (nSPS) is 24.1. The molecule has 0 amide bonds. The first-order chi connectivity index (χ1) is 9.95. The van der Waals surface area contributed by atoms with Gasteiger partial charge in [0.15, 0.2) is 0 Å². The highest BCUT2D eigenvalue weighted by Crippen LogP contribution is 2.27. The van der Waals surface area contributed by atoms with Gasteiger partial charge >= 0.3 is 0 Å². The van der Waals surface area contributed by atoms with Crippen LogP contribution >= 0.6 is 0 Å². The third kappa shape index (κ3) is 3.84. The number of nitrogens with zero attached hydrogens (tertiary/aromatic N) is 1. The zero-order valence-electron chi connectivity index (χ0n) is 13.0. The van der Waals surface area contributed by atoms with E-state index in [0.29, 0.717) is 36.4 Å². The molecular weight excluding hydrogens is 284 g/mol. The van der Waals surface area contributed by atoms with Gasteiger partial charge < -0.3 is 5.73 Å². The molecule has 1 heterocycles. The summed E-state index contributed by atoms with van der Waals surface area (Å²) in [7, 11) is -3.35. The first-order valence-electron chi connectivity index (χ1n) is 7.74. The summed E-state index contributed by atoms with van der Waals surface area (Å²) in [5.41, 5.74) is 6.63. The fourth-order valence-corrected chi connectivity index (χ4v) is 4.28. The third-order valence-electron chi connectivity index (χ3n) is 4.53. The zero-order chi connectivity index (χ0) is 15.5. The van der Waals surface area contributed by atoms with Crippen molar-refractivity contribution in [3.63, 3.8) is 0 Å². The van der Waals surface area contributed by atoms with Crippen molar-refractivity contribution in [2.24, 2.45) is 17.6 Å². The van der Waals surface area contributed by atoms with Crippen LogP contribution in [0.4, 0.5) is 0 Å². The average molecular weight is 310 g/mol. The van der Waals surface area contributed by atoms with Gasteiger partial charge in [0.05, 0.1) is 4.90 Å². The molecule has 2 N–H and O–H groups in total. The molecule has 0 saturated carbocycles. The zero-order valence-corrected chi connectivity index (χ0v) is 13.8. The van der Waals surface area contributed by atoms with Crippen LogP contribution in [-0.4, -0.2) is 32.4 Å². The quantitative estimate of drug-likeness (QED) is 0.907. The predicted octanol–water partition coefficient (Wildman–Crippen LogP) is 2.24. The summed E-state index contributed by atoms with van der Waals surface area (Å²) >= 11 is 0. The number of benzene rings is 1. The molecule has 118 valence electrons. The Labute approximate surface area is 128 Å². The van der Waals surface area contributed by atoms with Gasteiger partial charge in [-0.15, -0.1) is 0 Å². The molecule has 1 saturated heterocycles. The first kappa shape index (κ1) is 16.5. The molecule has 2 rings (SSSR count). The van der Waals surface area contributed by atoms with Crippen molar-refractivity contribution in [3.8, 4) is 0 Å². The van der Waals surface area contributed by atoms with Crippen LogP contribution in [0.5, 0.6) is 0 Å². The van der Waals surface area contributed by atoms with Crippen molar-refractivity contribution < 1.29 is 8.42 Å². The van der Waals surface area contributed by atoms with Crippen molar-refractivity contribution in [2.75, 3.05) is 19.6 Å². The second-order valence-electron chi connectivity index (χ2n) is 6.14. The average Bonchev–Trinajstić information content (AvgIpc) is 2.48. The Bertz CT molecular complexity index is 554. The fourth-order valence-electron chi connectivity index (χ4n) is 2.73. The number of hydrogen-bond donors (Lipinski definition) is 1. The van der Waals surface area contributed by atoms with E-state index in [1.165, 1.54) is 0 Å². The van der Waals surface area contributed by atoms with E-state index >= 15 is 0 Å². The molecule has 0 spiro atoms. The van der Waals surface area contributed by atoms with Crippen LogP contribution in [0, 0.1) is 11.8 Å². The van der Waals surface area contributed by atoms with Crippen LogP contribution in [0.3, 0.4) is 0 Å². The van der Waals surface area contributed by atoms with Crippen molar-refractivity contribution in [1.82, 2.24) is 4.31 Å². The molecule has 5 heteroatoms. The van der Waals surface area contributed by atoms with Crippen LogP contribution in [0.1, 0.15) is 32.3 Å². The van der Waals surface area contributed by atoms with E-state index in [2.05, 4.69) is 13.8 Å². The van der Waals surface area contributed by atoms with E-state index in [9.17, 15) is 8.42 Å². The summed E-state index contributed by atoms with van der Waals surface area (Å²) in [6, 6.07) is 7.25. The van der Waals surface area contributed by atoms with Gasteiger partial charge in [-0.2, -0.15) is 4.31 Å². The van der Waals surface area contributed by atoms with Gasteiger partial charge in [0.25, 0.3) is 0 Å². The highest BCUT2D eigenvalue weighted by molar-refractivity contribution is 7.89. The van der Waals surface area contributed by atoms with Crippen molar-refractivity contribution in [2.45, 2.75) is 38.0 Å². The molecule has 1 aliphatic heterocycles. The summed E-state index contributed by atoms with van der Waals surface area (Å²) < 4.78 is 27.0. The summed E-state index contributed by atoms with van der Waals surface area (Å²) in [6.07, 6.45) is 2.76. The van der Waals surface area contributed by atoms with Gasteiger partial charge in [0, 0.05) is 13.1 Å². The van der Waals surface area contributed by atoms with Gasteiger partial charge in [0.1, 0.15) is 0 Å². The SMILES string of the molecule is CC1CCN(S(=O)(=O)c2ccc(CCCN)cc2)CC1C. The van der Waals surface area contributed by atoms with Crippen molar-refractivity contribution in [3.05, 3.63) is 29.8 Å². The minimum atomic E-state index is -3.35. The summed E-state index contributed by atoms with van der Waals surface area (Å²) in [5.74, 6) is 1.01. The largest absolute Gasteiger partial charge is 0.330 e. The Morgan fingerprint density at radius 1 is 1.19 bits per heavy atom. The number of nitrogens with two attached hydrogens (primary N) is 1. The molecule has 4 nitrogen and oxygen atoms in total. The topological polar surface area (TPSA) is 63.4 Å². The Morgan fingerprint density at radius 2 is 1.86 bits per heavy atom. The Balaban J connectivity index is 2.12. The molecule has 0 bridgehead atoms. The minimum absolute atomic E-state index is 0.403. The molecule has 0 aromatic heterocycles. The molecule has 1 aromatic rings. The molecular formula is C16H26N2O2S. The van der Waals surface area contributed by atoms with Crippen LogP contribution in [0.25, 0.3) is 0 Å². The lowest BCUT2D eigenvalue weighted by Crippen LogP contribution is -2.42. The maximum Gasteiger partial charge on any atom is 0.243 e. The maximum absolute atomic E-state index is 12.7. The molecule has 1 fully saturated rings. The standard InChI is InChI=1S/C16H26N2O2S/c1-13-9-11-18(12-14(13)2)21(19,20)16-7-5-15(6-8-16)4-3-10-17/h5-8,13-14H,3-4,9-12,17H2,1-2H3. The van der Waals surface area contributed by atoms with E-state index in [0.717, 1.165) is 24.8 Å². The van der Waals surface area contributed by atoms with Crippen molar-refractivity contribution >= 4 is 10.0 Å². The van der Waals surface area contributed by atoms with Gasteiger partial charge in [-0.1, -0.05) is 26.0 Å². The predicted molar refractivity (Wildman–Crippen MR) is 85.5 cm³/mol. The Kier molecular flexibility index (Phi) is 5.41. The highest BCUT2D eigenvalue weighted by atomic mass is 32.2. The second-order valence-corrected chi connectivity index (χ2v) is 8.08. The number of hydrogen-bond acceptors (Lipinski definition) is 3.